The summed E-state index contributed by atoms with van der Waals surface area (Å²) in [7, 11) is 1.29. The van der Waals surface area contributed by atoms with Gasteiger partial charge in [0.2, 0.25) is 11.8 Å². The van der Waals surface area contributed by atoms with E-state index in [1.54, 1.807) is 24.3 Å². The molecule has 1 rings (SSSR count). The predicted octanol–water partition coefficient (Wildman–Crippen LogP) is -1.86. The second-order valence-electron chi connectivity index (χ2n) is 5.47. The van der Waals surface area contributed by atoms with Gasteiger partial charge in [-0.15, -0.1) is 0 Å². The van der Waals surface area contributed by atoms with E-state index in [-0.39, 0.29) is 12.4 Å². The number of nitrogens with two attached hydrogens (primary N) is 3. The van der Waals surface area contributed by atoms with Crippen LogP contribution in [0.5, 0.6) is 0 Å². The molecule has 0 bridgehead atoms. The molecule has 0 fully saturated rings. The first-order chi connectivity index (χ1) is 12.6. The molecule has 1 atom stereocenters. The van der Waals surface area contributed by atoms with Crippen molar-refractivity contribution in [3.05, 3.63) is 29.8 Å². The van der Waals surface area contributed by atoms with Crippen molar-refractivity contribution in [2.45, 2.75) is 18.9 Å². The van der Waals surface area contributed by atoms with Crippen LogP contribution in [-0.2, 0) is 20.8 Å². The number of aliphatic carboxylic acids is 1. The van der Waals surface area contributed by atoms with Crippen molar-refractivity contribution in [1.82, 2.24) is 15.8 Å². The van der Waals surface area contributed by atoms with Gasteiger partial charge >= 0.3 is 12.0 Å². The molecule has 0 aliphatic carbocycles. The molecule has 0 saturated carbocycles. The highest BCUT2D eigenvalue weighted by Gasteiger charge is 2.22. The standard InChI is InChI=1S/C15H21N7O5/c1-22(21-15(27)20-10(13(16)26)7-12(24)25)11(23)6-8-3-2-4-9(5-8)19-14(17)18/h2-5,10H,6-7H2,1H3,(H2,16,26)(H,24,25)(H4,17,18,19)(H2,20,21,27)/t10-/m0/s1. The van der Waals surface area contributed by atoms with Crippen molar-refractivity contribution >= 4 is 35.5 Å². The van der Waals surface area contributed by atoms with Crippen LogP contribution in [0.15, 0.2) is 29.3 Å². The molecular formula is C15H21N7O5. The van der Waals surface area contributed by atoms with Gasteiger partial charge in [0.25, 0.3) is 0 Å². The monoisotopic (exact) mass is 379 g/mol. The predicted molar refractivity (Wildman–Crippen MR) is 95.3 cm³/mol. The minimum absolute atomic E-state index is 0.0704. The molecule has 12 nitrogen and oxygen atoms in total. The molecule has 0 unspecified atom stereocenters. The van der Waals surface area contributed by atoms with Gasteiger partial charge in [-0.2, -0.15) is 0 Å². The Labute approximate surface area is 154 Å². The lowest BCUT2D eigenvalue weighted by Gasteiger charge is -2.20. The van der Waals surface area contributed by atoms with Crippen LogP contribution in [0.2, 0.25) is 0 Å². The SMILES string of the molecule is CN(NC(=O)N[C@@H](CC(=O)O)C(N)=O)C(=O)Cc1cccc(N=C(N)N)c1. The van der Waals surface area contributed by atoms with Gasteiger partial charge in [0.15, 0.2) is 5.96 Å². The van der Waals surface area contributed by atoms with Crippen molar-refractivity contribution in [2.24, 2.45) is 22.2 Å². The summed E-state index contributed by atoms with van der Waals surface area (Å²) in [5.74, 6) is -2.94. The molecule has 1 aromatic rings. The number of aliphatic imine (C=N–C) groups is 1. The topological polar surface area (TPSA) is 206 Å². The summed E-state index contributed by atoms with van der Waals surface area (Å²) in [5, 5.41) is 11.7. The molecule has 4 amide bonds. The van der Waals surface area contributed by atoms with E-state index in [2.05, 4.69) is 15.7 Å². The number of nitrogens with one attached hydrogen (secondary N) is 2. The highest BCUT2D eigenvalue weighted by Crippen LogP contribution is 2.14. The molecule has 0 aromatic heterocycles. The number of carbonyl (C=O) groups excluding carboxylic acids is 3. The Kier molecular flexibility index (Phi) is 7.54. The number of carbonyl (C=O) groups is 4. The smallest absolute Gasteiger partial charge is 0.334 e. The summed E-state index contributed by atoms with van der Waals surface area (Å²) in [6.07, 6.45) is -0.753. The lowest BCUT2D eigenvalue weighted by molar-refractivity contribution is -0.139. The molecule has 0 heterocycles. The van der Waals surface area contributed by atoms with Gasteiger partial charge in [0.1, 0.15) is 6.04 Å². The first-order valence-corrected chi connectivity index (χ1v) is 7.62. The van der Waals surface area contributed by atoms with Gasteiger partial charge in [-0.05, 0) is 17.7 Å². The Morgan fingerprint density at radius 3 is 2.44 bits per heavy atom. The van der Waals surface area contributed by atoms with E-state index in [0.717, 1.165) is 5.01 Å². The molecule has 0 aliphatic heterocycles. The first-order valence-electron chi connectivity index (χ1n) is 7.62. The Bertz CT molecular complexity index is 761. The van der Waals surface area contributed by atoms with E-state index >= 15 is 0 Å². The zero-order chi connectivity index (χ0) is 20.6. The average Bonchev–Trinajstić information content (AvgIpc) is 2.53. The van der Waals surface area contributed by atoms with Gasteiger partial charge in [0.05, 0.1) is 18.5 Å². The van der Waals surface area contributed by atoms with Gasteiger partial charge < -0.3 is 27.6 Å². The van der Waals surface area contributed by atoms with Gasteiger partial charge in [-0.25, -0.2) is 15.2 Å². The Hall–Kier alpha value is -3.83. The second-order valence-corrected chi connectivity index (χ2v) is 5.47. The summed E-state index contributed by atoms with van der Waals surface area (Å²) < 4.78 is 0. The average molecular weight is 379 g/mol. The van der Waals surface area contributed by atoms with Crippen LogP contribution in [-0.4, -0.2) is 53.0 Å². The Balaban J connectivity index is 2.66. The largest absolute Gasteiger partial charge is 0.481 e. The van der Waals surface area contributed by atoms with Crippen LogP contribution in [0.3, 0.4) is 0 Å². The van der Waals surface area contributed by atoms with E-state index in [4.69, 9.17) is 22.3 Å². The molecule has 0 saturated heterocycles. The van der Waals surface area contributed by atoms with Crippen molar-refractivity contribution in [3.63, 3.8) is 0 Å². The molecule has 0 radical (unpaired) electrons. The maximum Gasteiger partial charge on any atom is 0.334 e. The molecule has 12 heteroatoms. The molecule has 0 aliphatic rings. The first kappa shape index (κ1) is 21.2. The lowest BCUT2D eigenvalue weighted by atomic mass is 10.1. The number of hydrazine groups is 1. The number of rotatable bonds is 7. The fourth-order valence-corrected chi connectivity index (χ4v) is 1.98. The molecule has 146 valence electrons. The molecule has 27 heavy (non-hydrogen) atoms. The summed E-state index contributed by atoms with van der Waals surface area (Å²) in [6.45, 7) is 0. The number of carboxylic acid groups (broad SMARTS) is 1. The maximum absolute atomic E-state index is 12.2. The summed E-state index contributed by atoms with van der Waals surface area (Å²) in [4.78, 5) is 49.7. The maximum atomic E-state index is 12.2. The van der Waals surface area contributed by atoms with E-state index < -0.39 is 36.3 Å². The number of guanidine groups is 1. The third kappa shape index (κ3) is 7.72. The number of hydrogen-bond donors (Lipinski definition) is 6. The van der Waals surface area contributed by atoms with Crippen molar-refractivity contribution < 1.29 is 24.3 Å². The fourth-order valence-electron chi connectivity index (χ4n) is 1.98. The quantitative estimate of drug-likeness (QED) is 0.181. The second kappa shape index (κ2) is 9.60. The minimum Gasteiger partial charge on any atom is -0.481 e. The van der Waals surface area contributed by atoms with E-state index in [0.29, 0.717) is 11.3 Å². The summed E-state index contributed by atoms with van der Waals surface area (Å²) >= 11 is 0. The van der Waals surface area contributed by atoms with E-state index in [9.17, 15) is 19.2 Å². The van der Waals surface area contributed by atoms with Crippen LogP contribution in [0, 0.1) is 0 Å². The molecule has 9 N–H and O–H groups in total. The zero-order valence-corrected chi connectivity index (χ0v) is 14.5. The molecular weight excluding hydrogens is 358 g/mol. The number of urea groups is 1. The van der Waals surface area contributed by atoms with E-state index in [1.165, 1.54) is 7.05 Å². The zero-order valence-electron chi connectivity index (χ0n) is 14.5. The van der Waals surface area contributed by atoms with Crippen LogP contribution < -0.4 is 27.9 Å². The summed E-state index contributed by atoms with van der Waals surface area (Å²) in [5.41, 5.74) is 18.8. The fraction of sp³-hybridized carbons (Fsp3) is 0.267. The number of likely N-dealkylation sites (N-methyl/N-ethyl adjacent to an activating group) is 1. The number of nitrogens with zero attached hydrogens (tertiary/aromatic N) is 2. The number of hydrogen-bond acceptors (Lipinski definition) is 5. The number of primary amides is 1. The third-order valence-electron chi connectivity index (χ3n) is 3.19. The van der Waals surface area contributed by atoms with Crippen LogP contribution in [0.25, 0.3) is 0 Å². The van der Waals surface area contributed by atoms with Gasteiger partial charge in [-0.3, -0.25) is 19.4 Å². The number of benzene rings is 1. The summed E-state index contributed by atoms with van der Waals surface area (Å²) in [6, 6.07) is 4.21. The minimum atomic E-state index is -1.41. The Morgan fingerprint density at radius 2 is 1.89 bits per heavy atom. The highest BCUT2D eigenvalue weighted by atomic mass is 16.4. The normalized spacial score (nSPS) is 11.0. The number of amides is 4. The lowest BCUT2D eigenvalue weighted by Crippen LogP contribution is -2.54. The van der Waals surface area contributed by atoms with Crippen LogP contribution >= 0.6 is 0 Å². The molecule has 1 aromatic carbocycles. The molecule has 0 spiro atoms. The third-order valence-corrected chi connectivity index (χ3v) is 3.19. The van der Waals surface area contributed by atoms with Crippen molar-refractivity contribution in [2.75, 3.05) is 7.05 Å². The Morgan fingerprint density at radius 1 is 1.22 bits per heavy atom. The van der Waals surface area contributed by atoms with Gasteiger partial charge in [0, 0.05) is 7.05 Å². The highest BCUT2D eigenvalue weighted by molar-refractivity contribution is 5.90. The van der Waals surface area contributed by atoms with Crippen LogP contribution in [0.4, 0.5) is 10.5 Å². The van der Waals surface area contributed by atoms with E-state index in [1.807, 2.05) is 0 Å². The van der Waals surface area contributed by atoms with Crippen LogP contribution in [0.1, 0.15) is 12.0 Å². The number of carboxylic acids is 1. The van der Waals surface area contributed by atoms with Crippen molar-refractivity contribution in [3.8, 4) is 0 Å². The van der Waals surface area contributed by atoms with Gasteiger partial charge in [-0.1, -0.05) is 12.1 Å². The van der Waals surface area contributed by atoms with Crippen molar-refractivity contribution in [1.29, 1.82) is 0 Å².